The van der Waals surface area contributed by atoms with Gasteiger partial charge in [-0.05, 0) is 49.9 Å². The number of nitrogens with one attached hydrogen (secondary N) is 1. The summed E-state index contributed by atoms with van der Waals surface area (Å²) >= 11 is 0. The second-order valence-electron chi connectivity index (χ2n) is 7.60. The van der Waals surface area contributed by atoms with Crippen molar-refractivity contribution in [2.24, 2.45) is 0 Å². The van der Waals surface area contributed by atoms with Gasteiger partial charge >= 0.3 is 0 Å². The number of rotatable bonds is 3. The molecule has 4 rings (SSSR count). The highest BCUT2D eigenvalue weighted by Gasteiger charge is 2.31. The van der Waals surface area contributed by atoms with Gasteiger partial charge in [0, 0.05) is 29.5 Å². The minimum absolute atomic E-state index is 0.0819. The van der Waals surface area contributed by atoms with Crippen molar-refractivity contribution in [1.82, 2.24) is 10.3 Å². The molecular weight excluding hydrogens is 338 g/mol. The number of hydrogen-bond donors (Lipinski definition) is 1. The molecule has 1 atom stereocenters. The summed E-state index contributed by atoms with van der Waals surface area (Å²) < 4.78 is 0. The Hall–Kier alpha value is -2.69. The summed E-state index contributed by atoms with van der Waals surface area (Å²) in [4.78, 5) is 31.7. The van der Waals surface area contributed by atoms with E-state index < -0.39 is 0 Å². The second kappa shape index (κ2) is 7.51. The van der Waals surface area contributed by atoms with Crippen molar-refractivity contribution < 1.29 is 9.59 Å². The average molecular weight is 363 g/mol. The molecule has 2 amide bonds. The first kappa shape index (κ1) is 17.7. The Labute approximate surface area is 159 Å². The third-order valence-electron chi connectivity index (χ3n) is 5.61. The van der Waals surface area contributed by atoms with E-state index in [0.717, 1.165) is 37.8 Å². The van der Waals surface area contributed by atoms with Crippen molar-refractivity contribution in [2.45, 2.75) is 57.5 Å². The molecule has 140 valence electrons. The van der Waals surface area contributed by atoms with Crippen molar-refractivity contribution >= 4 is 17.5 Å². The highest BCUT2D eigenvalue weighted by molar-refractivity contribution is 6.08. The fourth-order valence-corrected chi connectivity index (χ4v) is 4.21. The number of benzene rings is 1. The Kier molecular flexibility index (Phi) is 4.92. The molecule has 1 saturated carbocycles. The van der Waals surface area contributed by atoms with Gasteiger partial charge in [0.15, 0.2) is 0 Å². The van der Waals surface area contributed by atoms with Crippen LogP contribution in [0.5, 0.6) is 0 Å². The van der Waals surface area contributed by atoms with E-state index in [4.69, 9.17) is 0 Å². The normalized spacial score (nSPS) is 19.6. The summed E-state index contributed by atoms with van der Waals surface area (Å²) in [5.74, 6) is -0.270. The molecule has 2 aliphatic rings. The standard InChI is InChI=1S/C22H25N3O2/c1-15-13-16-7-5-6-10-20(16)25(15)22(27)17-11-12-23-19(14-17)21(26)24-18-8-3-2-4-9-18/h5-7,10-12,14-15,18H,2-4,8-9,13H2,1H3,(H,24,26). The molecule has 1 aliphatic heterocycles. The molecule has 0 saturated heterocycles. The van der Waals surface area contributed by atoms with Gasteiger partial charge in [0.1, 0.15) is 5.69 Å². The number of anilines is 1. The fraction of sp³-hybridized carbons (Fsp3) is 0.409. The fourth-order valence-electron chi connectivity index (χ4n) is 4.21. The van der Waals surface area contributed by atoms with Crippen molar-refractivity contribution in [3.63, 3.8) is 0 Å². The number of fused-ring (bicyclic) bond motifs is 1. The first-order valence-corrected chi connectivity index (χ1v) is 9.82. The minimum Gasteiger partial charge on any atom is -0.348 e. The number of amides is 2. The van der Waals surface area contributed by atoms with Crippen LogP contribution in [-0.2, 0) is 6.42 Å². The lowest BCUT2D eigenvalue weighted by molar-refractivity contribution is 0.0922. The van der Waals surface area contributed by atoms with Gasteiger partial charge in [0.05, 0.1) is 0 Å². The Balaban J connectivity index is 1.53. The van der Waals surface area contributed by atoms with Crippen LogP contribution in [0.15, 0.2) is 42.6 Å². The van der Waals surface area contributed by atoms with Gasteiger partial charge in [-0.2, -0.15) is 0 Å². The lowest BCUT2D eigenvalue weighted by Crippen LogP contribution is -2.37. The molecule has 27 heavy (non-hydrogen) atoms. The summed E-state index contributed by atoms with van der Waals surface area (Å²) in [6.07, 6.45) is 7.99. The molecular formula is C22H25N3O2. The number of carbonyl (C=O) groups excluding carboxylic acids is 2. The van der Waals surface area contributed by atoms with Gasteiger partial charge in [-0.1, -0.05) is 37.5 Å². The zero-order chi connectivity index (χ0) is 18.8. The van der Waals surface area contributed by atoms with Crippen LogP contribution in [0.2, 0.25) is 0 Å². The number of nitrogens with zero attached hydrogens (tertiary/aromatic N) is 2. The molecule has 1 aromatic heterocycles. The quantitative estimate of drug-likeness (QED) is 0.904. The smallest absolute Gasteiger partial charge is 0.270 e. The third-order valence-corrected chi connectivity index (χ3v) is 5.61. The zero-order valence-electron chi connectivity index (χ0n) is 15.6. The monoisotopic (exact) mass is 363 g/mol. The van der Waals surface area contributed by atoms with Crippen LogP contribution < -0.4 is 10.2 Å². The van der Waals surface area contributed by atoms with Crippen LogP contribution >= 0.6 is 0 Å². The van der Waals surface area contributed by atoms with Gasteiger partial charge in [-0.15, -0.1) is 0 Å². The SMILES string of the molecule is CC1Cc2ccccc2N1C(=O)c1ccnc(C(=O)NC2CCCCC2)c1. The van der Waals surface area contributed by atoms with Crippen LogP contribution in [0.25, 0.3) is 0 Å². The molecule has 1 fully saturated rings. The lowest BCUT2D eigenvalue weighted by atomic mass is 9.95. The van der Waals surface area contributed by atoms with Crippen molar-refractivity contribution in [2.75, 3.05) is 4.90 Å². The Morgan fingerprint density at radius 2 is 1.89 bits per heavy atom. The topological polar surface area (TPSA) is 62.3 Å². The van der Waals surface area contributed by atoms with Crippen molar-refractivity contribution in [3.8, 4) is 0 Å². The van der Waals surface area contributed by atoms with Crippen LogP contribution in [0.1, 0.15) is 65.4 Å². The largest absolute Gasteiger partial charge is 0.348 e. The van der Waals surface area contributed by atoms with E-state index in [9.17, 15) is 9.59 Å². The van der Waals surface area contributed by atoms with Crippen LogP contribution in [0.4, 0.5) is 5.69 Å². The van der Waals surface area contributed by atoms with Gasteiger partial charge in [0.2, 0.25) is 0 Å². The number of hydrogen-bond acceptors (Lipinski definition) is 3. The van der Waals surface area contributed by atoms with E-state index in [-0.39, 0.29) is 23.9 Å². The summed E-state index contributed by atoms with van der Waals surface area (Å²) in [6, 6.07) is 11.6. The Bertz CT molecular complexity index is 858. The molecule has 1 N–H and O–H groups in total. The Morgan fingerprint density at radius 3 is 2.70 bits per heavy atom. The van der Waals surface area contributed by atoms with E-state index >= 15 is 0 Å². The number of para-hydroxylation sites is 1. The lowest BCUT2D eigenvalue weighted by Gasteiger charge is -2.23. The maximum absolute atomic E-state index is 13.2. The highest BCUT2D eigenvalue weighted by atomic mass is 16.2. The number of carbonyl (C=O) groups is 2. The molecule has 2 heterocycles. The second-order valence-corrected chi connectivity index (χ2v) is 7.60. The summed E-state index contributed by atoms with van der Waals surface area (Å²) in [7, 11) is 0. The molecule has 5 nitrogen and oxygen atoms in total. The molecule has 0 spiro atoms. The molecule has 0 radical (unpaired) electrons. The molecule has 5 heteroatoms. The van der Waals surface area contributed by atoms with E-state index in [2.05, 4.69) is 23.3 Å². The molecule has 1 aromatic carbocycles. The average Bonchev–Trinajstić information content (AvgIpc) is 3.04. The van der Waals surface area contributed by atoms with Crippen LogP contribution in [-0.4, -0.2) is 28.9 Å². The van der Waals surface area contributed by atoms with Gasteiger partial charge in [0.25, 0.3) is 11.8 Å². The molecule has 0 bridgehead atoms. The van der Waals surface area contributed by atoms with Crippen LogP contribution in [0.3, 0.4) is 0 Å². The van der Waals surface area contributed by atoms with Crippen LogP contribution in [0, 0.1) is 0 Å². The summed E-state index contributed by atoms with van der Waals surface area (Å²) in [6.45, 7) is 2.05. The van der Waals surface area contributed by atoms with E-state index in [1.807, 2.05) is 23.1 Å². The third kappa shape index (κ3) is 3.59. The van der Waals surface area contributed by atoms with Gasteiger partial charge in [-0.25, -0.2) is 0 Å². The predicted octanol–water partition coefficient (Wildman–Crippen LogP) is 3.74. The molecule has 1 aliphatic carbocycles. The maximum atomic E-state index is 13.2. The number of pyridine rings is 1. The molecule has 1 unspecified atom stereocenters. The number of aromatic nitrogens is 1. The Morgan fingerprint density at radius 1 is 1.11 bits per heavy atom. The summed E-state index contributed by atoms with van der Waals surface area (Å²) in [5.41, 5.74) is 2.96. The van der Waals surface area contributed by atoms with E-state index in [1.165, 1.54) is 12.0 Å². The van der Waals surface area contributed by atoms with E-state index in [0.29, 0.717) is 11.3 Å². The van der Waals surface area contributed by atoms with Crippen molar-refractivity contribution in [1.29, 1.82) is 0 Å². The first-order chi connectivity index (χ1) is 13.1. The zero-order valence-corrected chi connectivity index (χ0v) is 15.6. The highest BCUT2D eigenvalue weighted by Crippen LogP contribution is 2.33. The van der Waals surface area contributed by atoms with Gasteiger partial charge < -0.3 is 10.2 Å². The predicted molar refractivity (Wildman–Crippen MR) is 105 cm³/mol. The van der Waals surface area contributed by atoms with Crippen molar-refractivity contribution in [3.05, 3.63) is 59.4 Å². The minimum atomic E-state index is -0.188. The molecule has 2 aromatic rings. The van der Waals surface area contributed by atoms with Gasteiger partial charge in [-0.3, -0.25) is 14.6 Å². The maximum Gasteiger partial charge on any atom is 0.270 e. The van der Waals surface area contributed by atoms with E-state index in [1.54, 1.807) is 18.3 Å². The summed E-state index contributed by atoms with van der Waals surface area (Å²) in [5, 5.41) is 3.07. The first-order valence-electron chi connectivity index (χ1n) is 9.82.